The molecule has 0 amide bonds. The molecule has 0 bridgehead atoms. The average molecular weight is 1090 g/mol. The first-order chi connectivity index (χ1) is 38.5. The normalized spacial score (nSPS) is 12.7. The lowest BCUT2D eigenvalue weighted by Crippen LogP contribution is -2.30. The molecule has 0 saturated carbocycles. The van der Waals surface area contributed by atoms with Gasteiger partial charge in [0.05, 0.1) is 0 Å². The molecule has 0 rings (SSSR count). The lowest BCUT2D eigenvalue weighted by molar-refractivity contribution is -0.167. The Hall–Kier alpha value is -3.67. The predicted octanol–water partition coefficient (Wildman–Crippen LogP) is 22.8. The molecule has 0 aliphatic rings. The van der Waals surface area contributed by atoms with Gasteiger partial charge >= 0.3 is 17.9 Å². The third-order valence-electron chi connectivity index (χ3n) is 14.3. The van der Waals surface area contributed by atoms with E-state index < -0.39 is 6.10 Å². The largest absolute Gasteiger partial charge is 0.462 e. The van der Waals surface area contributed by atoms with E-state index in [9.17, 15) is 14.4 Å². The van der Waals surface area contributed by atoms with Crippen molar-refractivity contribution in [2.75, 3.05) is 13.2 Å². The summed E-state index contributed by atoms with van der Waals surface area (Å²) >= 11 is 0. The van der Waals surface area contributed by atoms with E-state index in [-0.39, 0.29) is 31.1 Å². The van der Waals surface area contributed by atoms with Gasteiger partial charge < -0.3 is 14.2 Å². The van der Waals surface area contributed by atoms with Gasteiger partial charge in [0.25, 0.3) is 0 Å². The Morgan fingerprint density at radius 2 is 0.500 bits per heavy atom. The summed E-state index contributed by atoms with van der Waals surface area (Å²) < 4.78 is 16.9. The number of hydrogen-bond acceptors (Lipinski definition) is 6. The van der Waals surface area contributed by atoms with E-state index in [0.717, 1.165) is 116 Å². The SMILES string of the molecule is CC/C=C\C/C=C\C/C=C\C/C=C\C/C=C\C/C=C\C/C=C\CCCCCCCCCCCCCC(=O)OCC(COC(=O)CCCCCCCCCCCCCCC)OC(=O)CCCCCCC/C=C\CCCCCCC. The van der Waals surface area contributed by atoms with Crippen LogP contribution in [0, 0.1) is 0 Å². The Morgan fingerprint density at radius 3 is 0.795 bits per heavy atom. The summed E-state index contributed by atoms with van der Waals surface area (Å²) in [6.45, 7) is 6.53. The quantitative estimate of drug-likeness (QED) is 0.0261. The maximum Gasteiger partial charge on any atom is 0.306 e. The fraction of sp³-hybridized carbons (Fsp3) is 0.736. The van der Waals surface area contributed by atoms with Crippen molar-refractivity contribution in [3.8, 4) is 0 Å². The minimum Gasteiger partial charge on any atom is -0.462 e. The van der Waals surface area contributed by atoms with Crippen LogP contribution in [0.15, 0.2) is 97.2 Å². The van der Waals surface area contributed by atoms with Gasteiger partial charge in [-0.1, -0.05) is 298 Å². The molecule has 0 aliphatic heterocycles. The van der Waals surface area contributed by atoms with Crippen LogP contribution < -0.4 is 0 Å². The summed E-state index contributed by atoms with van der Waals surface area (Å²) in [4.78, 5) is 38.3. The maximum absolute atomic E-state index is 12.9. The molecule has 448 valence electrons. The molecule has 6 nitrogen and oxygen atoms in total. The van der Waals surface area contributed by atoms with E-state index in [0.29, 0.717) is 19.3 Å². The zero-order chi connectivity index (χ0) is 56.4. The van der Waals surface area contributed by atoms with Gasteiger partial charge in [-0.15, -0.1) is 0 Å². The fourth-order valence-corrected chi connectivity index (χ4v) is 9.36. The number of allylic oxidation sites excluding steroid dienone is 16. The topological polar surface area (TPSA) is 78.9 Å². The van der Waals surface area contributed by atoms with Gasteiger partial charge in [0.2, 0.25) is 0 Å². The molecule has 0 fully saturated rings. The Balaban J connectivity index is 4.20. The van der Waals surface area contributed by atoms with E-state index >= 15 is 0 Å². The average Bonchev–Trinajstić information content (AvgIpc) is 3.44. The van der Waals surface area contributed by atoms with Crippen LogP contribution in [0.5, 0.6) is 0 Å². The summed E-state index contributed by atoms with van der Waals surface area (Å²) in [6.07, 6.45) is 88.5. The van der Waals surface area contributed by atoms with Crippen LogP contribution in [-0.2, 0) is 28.6 Å². The summed E-state index contributed by atoms with van der Waals surface area (Å²) in [5, 5.41) is 0. The minimum atomic E-state index is -0.781. The van der Waals surface area contributed by atoms with Crippen molar-refractivity contribution < 1.29 is 28.6 Å². The standard InChI is InChI=1S/C72H124O6/c1-4-7-10-13-16-19-22-25-27-28-29-30-31-32-33-34-35-36-37-38-39-40-41-42-43-44-45-48-50-53-56-59-62-65-71(74)77-68-69(67-76-70(73)64-61-58-55-52-49-46-24-21-18-15-12-9-6-3)78-72(75)66-63-60-57-54-51-47-26-23-20-17-14-11-8-5-2/h7,10,16,19,23,25-27,29-30,32-33,35-36,38-39,69H,4-6,8-9,11-15,17-18,20-22,24,28,31,34,37,40-68H2,1-3H3/b10-7-,19-16-,26-23-,27-25-,30-29-,33-32-,36-35-,39-38-. The van der Waals surface area contributed by atoms with E-state index in [1.54, 1.807) is 0 Å². The van der Waals surface area contributed by atoms with E-state index in [1.807, 2.05) is 0 Å². The predicted molar refractivity (Wildman–Crippen MR) is 339 cm³/mol. The lowest BCUT2D eigenvalue weighted by Gasteiger charge is -2.18. The number of unbranched alkanes of at least 4 members (excludes halogenated alkanes) is 33. The summed E-state index contributed by atoms with van der Waals surface area (Å²) in [5.41, 5.74) is 0. The molecule has 0 heterocycles. The second-order valence-electron chi connectivity index (χ2n) is 22.0. The molecule has 0 aromatic carbocycles. The molecule has 78 heavy (non-hydrogen) atoms. The van der Waals surface area contributed by atoms with Crippen LogP contribution in [-0.4, -0.2) is 37.2 Å². The van der Waals surface area contributed by atoms with Gasteiger partial charge in [-0.3, -0.25) is 14.4 Å². The molecule has 0 aliphatic carbocycles. The fourth-order valence-electron chi connectivity index (χ4n) is 9.36. The highest BCUT2D eigenvalue weighted by atomic mass is 16.6. The summed E-state index contributed by atoms with van der Waals surface area (Å²) in [7, 11) is 0. The second-order valence-corrected chi connectivity index (χ2v) is 22.0. The van der Waals surface area contributed by atoms with Gasteiger partial charge in [0.1, 0.15) is 13.2 Å². The number of ether oxygens (including phenoxy) is 3. The Labute approximate surface area is 483 Å². The first kappa shape index (κ1) is 74.3. The molecule has 1 atom stereocenters. The highest BCUT2D eigenvalue weighted by Crippen LogP contribution is 2.16. The van der Waals surface area contributed by atoms with Gasteiger partial charge in [-0.25, -0.2) is 0 Å². The molecule has 6 heteroatoms. The highest BCUT2D eigenvalue weighted by Gasteiger charge is 2.19. The molecule has 0 spiro atoms. The van der Waals surface area contributed by atoms with Crippen molar-refractivity contribution in [2.24, 2.45) is 0 Å². The van der Waals surface area contributed by atoms with Crippen molar-refractivity contribution in [3.63, 3.8) is 0 Å². The number of carbonyl (C=O) groups excluding carboxylic acids is 3. The molecular weight excluding hydrogens is 961 g/mol. The summed E-state index contributed by atoms with van der Waals surface area (Å²) in [5.74, 6) is -0.877. The third kappa shape index (κ3) is 63.2. The van der Waals surface area contributed by atoms with Crippen molar-refractivity contribution in [3.05, 3.63) is 97.2 Å². The Morgan fingerprint density at radius 1 is 0.269 bits per heavy atom. The van der Waals surface area contributed by atoms with Crippen LogP contribution >= 0.6 is 0 Å². The second kappa shape index (κ2) is 65.8. The molecule has 0 radical (unpaired) electrons. The third-order valence-corrected chi connectivity index (χ3v) is 14.3. The van der Waals surface area contributed by atoms with Gasteiger partial charge in [0.15, 0.2) is 6.10 Å². The zero-order valence-corrected chi connectivity index (χ0v) is 51.4. The first-order valence-corrected chi connectivity index (χ1v) is 33.2. The van der Waals surface area contributed by atoms with Gasteiger partial charge in [-0.05, 0) is 103 Å². The van der Waals surface area contributed by atoms with E-state index in [2.05, 4.69) is 118 Å². The smallest absolute Gasteiger partial charge is 0.306 e. The Bertz CT molecular complexity index is 1530. The van der Waals surface area contributed by atoms with Crippen molar-refractivity contribution in [2.45, 2.75) is 329 Å². The first-order valence-electron chi connectivity index (χ1n) is 33.2. The van der Waals surface area contributed by atoms with Crippen LogP contribution in [0.25, 0.3) is 0 Å². The number of carbonyl (C=O) groups is 3. The number of rotatable bonds is 60. The monoisotopic (exact) mass is 1080 g/mol. The highest BCUT2D eigenvalue weighted by molar-refractivity contribution is 5.71. The molecular formula is C72H124O6. The molecule has 0 saturated heterocycles. The van der Waals surface area contributed by atoms with Crippen LogP contribution in [0.2, 0.25) is 0 Å². The number of esters is 3. The minimum absolute atomic E-state index is 0.0772. The molecule has 0 aromatic rings. The van der Waals surface area contributed by atoms with Gasteiger partial charge in [-0.2, -0.15) is 0 Å². The molecule has 0 N–H and O–H groups in total. The van der Waals surface area contributed by atoms with E-state index in [4.69, 9.17) is 14.2 Å². The molecule has 0 aromatic heterocycles. The van der Waals surface area contributed by atoms with E-state index in [1.165, 1.54) is 167 Å². The Kier molecular flexibility index (Phi) is 62.7. The number of hydrogen-bond donors (Lipinski definition) is 0. The van der Waals surface area contributed by atoms with Crippen molar-refractivity contribution >= 4 is 17.9 Å². The maximum atomic E-state index is 12.9. The zero-order valence-electron chi connectivity index (χ0n) is 51.4. The van der Waals surface area contributed by atoms with Crippen LogP contribution in [0.4, 0.5) is 0 Å². The van der Waals surface area contributed by atoms with Crippen molar-refractivity contribution in [1.29, 1.82) is 0 Å². The van der Waals surface area contributed by atoms with Gasteiger partial charge in [0, 0.05) is 19.3 Å². The van der Waals surface area contributed by atoms with Crippen LogP contribution in [0.1, 0.15) is 323 Å². The molecule has 1 unspecified atom stereocenters. The van der Waals surface area contributed by atoms with Crippen molar-refractivity contribution in [1.82, 2.24) is 0 Å². The van der Waals surface area contributed by atoms with Crippen LogP contribution in [0.3, 0.4) is 0 Å². The lowest BCUT2D eigenvalue weighted by atomic mass is 10.0. The summed E-state index contributed by atoms with van der Waals surface area (Å²) in [6, 6.07) is 0.